The summed E-state index contributed by atoms with van der Waals surface area (Å²) in [5.41, 5.74) is 4.87. The average molecular weight is 564 g/mol. The van der Waals surface area contributed by atoms with Crippen LogP contribution in [0.25, 0.3) is 50.0 Å². The fourth-order valence-corrected chi connectivity index (χ4v) is 6.64. The zero-order valence-corrected chi connectivity index (χ0v) is 24.9. The highest BCUT2D eigenvalue weighted by molar-refractivity contribution is 6.13. The van der Waals surface area contributed by atoms with Gasteiger partial charge < -0.3 is 18.8 Å². The van der Waals surface area contributed by atoms with Crippen LogP contribution in [-0.2, 0) is 0 Å². The van der Waals surface area contributed by atoms with Gasteiger partial charge in [0.2, 0.25) is 5.36 Å². The number of allylic oxidation sites excluding steroid dienone is 1. The molecule has 1 aliphatic carbocycles. The molecule has 0 spiro atoms. The second kappa shape index (κ2) is 10.0. The second-order valence-corrected chi connectivity index (χ2v) is 11.4. The van der Waals surface area contributed by atoms with Gasteiger partial charge in [0, 0.05) is 41.1 Å². The van der Waals surface area contributed by atoms with Crippen molar-refractivity contribution in [2.24, 2.45) is 0 Å². The van der Waals surface area contributed by atoms with E-state index in [-0.39, 0.29) is 16.5 Å². The molecule has 0 fully saturated rings. The monoisotopic (exact) mass is 563 g/mol. The molecule has 3 aliphatic rings. The quantitative estimate of drug-likeness (QED) is 0.109. The molecule has 3 heterocycles. The van der Waals surface area contributed by atoms with Crippen LogP contribution in [0.15, 0.2) is 74.3 Å². The van der Waals surface area contributed by atoms with Gasteiger partial charge in [-0.3, -0.25) is 0 Å². The van der Waals surface area contributed by atoms with Crippen LogP contribution in [0, 0.1) is 0 Å². The van der Waals surface area contributed by atoms with E-state index in [2.05, 4.69) is 57.1 Å². The van der Waals surface area contributed by atoms with Gasteiger partial charge in [0.25, 0.3) is 0 Å². The molecule has 0 unspecified atom stereocenters. The van der Waals surface area contributed by atoms with E-state index in [9.17, 15) is 14.7 Å². The molecule has 2 aliphatic heterocycles. The molecule has 0 radical (unpaired) electrons. The fourth-order valence-electron chi connectivity index (χ4n) is 6.64. The Morgan fingerprint density at radius 3 is 2.38 bits per heavy atom. The summed E-state index contributed by atoms with van der Waals surface area (Å²) in [7, 11) is 0. The van der Waals surface area contributed by atoms with Crippen LogP contribution in [0.4, 0.5) is 5.69 Å². The van der Waals surface area contributed by atoms with E-state index < -0.39 is 11.6 Å². The maximum absolute atomic E-state index is 13.9. The Morgan fingerprint density at radius 1 is 0.952 bits per heavy atom. The van der Waals surface area contributed by atoms with Crippen LogP contribution in [0.3, 0.4) is 0 Å². The number of benzene rings is 3. The Hall–Kier alpha value is -4.65. The minimum Gasteiger partial charge on any atom is -0.478 e. The van der Waals surface area contributed by atoms with Crippen molar-refractivity contribution < 1.29 is 18.7 Å². The first kappa shape index (κ1) is 27.5. The third-order valence-corrected chi connectivity index (χ3v) is 8.53. The number of aromatic carboxylic acids is 1. The van der Waals surface area contributed by atoms with E-state index in [4.69, 9.17) is 8.83 Å². The molecule has 0 saturated heterocycles. The minimum absolute atomic E-state index is 0.101. The van der Waals surface area contributed by atoms with Gasteiger partial charge in [-0.15, -0.1) is 0 Å². The van der Waals surface area contributed by atoms with E-state index >= 15 is 0 Å². The first-order chi connectivity index (χ1) is 20.1. The Labute approximate surface area is 244 Å². The number of anilines is 1. The summed E-state index contributed by atoms with van der Waals surface area (Å²) in [5.74, 6) is -0.509. The lowest BCUT2D eigenvalue weighted by Gasteiger charge is -2.42. The molecule has 3 aromatic rings. The fraction of sp³-hybridized carbons (Fsp3) is 0.286. The van der Waals surface area contributed by atoms with Gasteiger partial charge in [-0.25, -0.2) is 14.2 Å². The number of rotatable bonds is 5. The summed E-state index contributed by atoms with van der Waals surface area (Å²) in [6, 6.07) is 16.6. The first-order valence-corrected chi connectivity index (χ1v) is 14.5. The van der Waals surface area contributed by atoms with Crippen molar-refractivity contribution in [1.29, 1.82) is 0 Å². The van der Waals surface area contributed by atoms with E-state index in [0.29, 0.717) is 39.0 Å². The average Bonchev–Trinajstić information content (AvgIpc) is 2.96. The Morgan fingerprint density at radius 2 is 1.69 bits per heavy atom. The normalized spacial score (nSPS) is 14.3. The third kappa shape index (κ3) is 4.14. The van der Waals surface area contributed by atoms with Crippen LogP contribution in [0.2, 0.25) is 0 Å². The van der Waals surface area contributed by atoms with Crippen LogP contribution in [0.5, 0.6) is 0 Å². The summed E-state index contributed by atoms with van der Waals surface area (Å²) >= 11 is 0. The molecule has 0 bridgehead atoms. The predicted molar refractivity (Wildman–Crippen MR) is 168 cm³/mol. The van der Waals surface area contributed by atoms with Crippen LogP contribution in [0.1, 0.15) is 57.5 Å². The van der Waals surface area contributed by atoms with E-state index in [0.717, 1.165) is 41.8 Å². The molecule has 7 nitrogen and oxygen atoms in total. The molecule has 1 N–H and O–H groups in total. The van der Waals surface area contributed by atoms with Gasteiger partial charge in [0.1, 0.15) is 29.8 Å². The SMILES string of the molecule is CCN1c2cc3oc(=O)c4c(-c5ccccc5C(=O)O)c5ccc(=[N+](CC)CC)cc-5oc4c3cc2C(C)=CC1(C)C. The first-order valence-electron chi connectivity index (χ1n) is 14.5. The maximum Gasteiger partial charge on any atom is 0.348 e. The van der Waals surface area contributed by atoms with Crippen LogP contribution in [-0.4, -0.2) is 36.2 Å². The summed E-state index contributed by atoms with van der Waals surface area (Å²) in [4.78, 5) is 28.5. The Bertz CT molecular complexity index is 2040. The molecule has 42 heavy (non-hydrogen) atoms. The Kier molecular flexibility index (Phi) is 6.56. The molecule has 0 atom stereocenters. The number of carbonyl (C=O) groups is 1. The number of nitrogens with zero attached hydrogens (tertiary/aromatic N) is 2. The topological polar surface area (TPSA) is 86.9 Å². The van der Waals surface area contributed by atoms with E-state index in [1.807, 2.05) is 30.3 Å². The second-order valence-electron chi connectivity index (χ2n) is 11.4. The van der Waals surface area contributed by atoms with Gasteiger partial charge in [-0.05, 0) is 70.9 Å². The molecular weight excluding hydrogens is 528 g/mol. The third-order valence-electron chi connectivity index (χ3n) is 8.53. The maximum atomic E-state index is 13.9. The lowest BCUT2D eigenvalue weighted by Crippen LogP contribution is -2.44. The number of hydrogen-bond donors (Lipinski definition) is 1. The van der Waals surface area contributed by atoms with Crippen molar-refractivity contribution in [1.82, 2.24) is 4.58 Å². The van der Waals surface area contributed by atoms with Crippen molar-refractivity contribution in [3.63, 3.8) is 0 Å². The molecule has 1 aromatic heterocycles. The van der Waals surface area contributed by atoms with Gasteiger partial charge in [-0.1, -0.05) is 24.3 Å². The molecule has 6 rings (SSSR count). The Balaban J connectivity index is 1.83. The van der Waals surface area contributed by atoms with Gasteiger partial charge >= 0.3 is 11.6 Å². The largest absolute Gasteiger partial charge is 0.478 e. The highest BCUT2D eigenvalue weighted by Crippen LogP contribution is 2.45. The van der Waals surface area contributed by atoms with Crippen LogP contribution < -0.4 is 20.5 Å². The number of carboxylic acids is 1. The highest BCUT2D eigenvalue weighted by atomic mass is 16.4. The highest BCUT2D eigenvalue weighted by Gasteiger charge is 2.32. The van der Waals surface area contributed by atoms with Crippen LogP contribution >= 0.6 is 0 Å². The zero-order valence-electron chi connectivity index (χ0n) is 24.9. The summed E-state index contributed by atoms with van der Waals surface area (Å²) < 4.78 is 14.9. The molecule has 0 amide bonds. The number of fused-ring (bicyclic) bond motifs is 5. The summed E-state index contributed by atoms with van der Waals surface area (Å²) in [6.45, 7) is 15.2. The summed E-state index contributed by atoms with van der Waals surface area (Å²) in [6.07, 6.45) is 2.25. The van der Waals surface area contributed by atoms with Crippen molar-refractivity contribution in [3.8, 4) is 22.5 Å². The number of carboxylic acid groups (broad SMARTS) is 1. The molecule has 7 heteroatoms. The molecular formula is C35H35N2O5+. The smallest absolute Gasteiger partial charge is 0.348 e. The van der Waals surface area contributed by atoms with E-state index in [1.54, 1.807) is 24.3 Å². The minimum atomic E-state index is -1.07. The van der Waals surface area contributed by atoms with Gasteiger partial charge in [0.05, 0.1) is 22.6 Å². The molecule has 214 valence electrons. The lowest BCUT2D eigenvalue weighted by molar-refractivity contribution is 0.0697. The van der Waals surface area contributed by atoms with E-state index in [1.165, 1.54) is 0 Å². The summed E-state index contributed by atoms with van der Waals surface area (Å²) in [5, 5.41) is 12.0. The number of hydrogen-bond acceptors (Lipinski definition) is 5. The molecule has 2 aromatic carbocycles. The van der Waals surface area contributed by atoms with Gasteiger partial charge in [-0.2, -0.15) is 0 Å². The van der Waals surface area contributed by atoms with Crippen molar-refractivity contribution in [2.75, 3.05) is 24.5 Å². The van der Waals surface area contributed by atoms with Crippen molar-refractivity contribution >= 4 is 39.2 Å². The standard InChI is InChI=1S/C35H34N2O5/c1-7-36(8-2)21-14-15-24-28(16-21)41-32-26-17-25-20(4)19-35(5,6)37(9-3)27(25)18-29(26)42-34(40)31(32)30(24)22-12-10-11-13-23(22)33(38)39/h10-19H,7-9H2,1-6H3/p+1. The zero-order chi connectivity index (χ0) is 29.9. The van der Waals surface area contributed by atoms with Crippen molar-refractivity contribution in [2.45, 2.75) is 47.1 Å². The molecule has 0 saturated carbocycles. The van der Waals surface area contributed by atoms with Gasteiger partial charge in [0.15, 0.2) is 5.58 Å². The number of likely N-dealkylation sites (N-methyl/N-ethyl adjacent to an activating group) is 1. The van der Waals surface area contributed by atoms with Crippen molar-refractivity contribution in [3.05, 3.63) is 87.6 Å². The lowest BCUT2D eigenvalue weighted by atomic mass is 9.87. The predicted octanol–water partition coefficient (Wildman–Crippen LogP) is 6.84.